The summed E-state index contributed by atoms with van der Waals surface area (Å²) < 4.78 is 5.97. The second-order valence-corrected chi connectivity index (χ2v) is 10.6. The molecule has 11 heteroatoms. The van der Waals surface area contributed by atoms with Gasteiger partial charge >= 0.3 is 6.03 Å². The molecule has 1 N–H and O–H groups in total. The van der Waals surface area contributed by atoms with Crippen molar-refractivity contribution in [3.63, 3.8) is 0 Å². The highest BCUT2D eigenvalue weighted by atomic mass is 16.5. The number of carbonyl (C=O) groups is 3. The van der Waals surface area contributed by atoms with E-state index in [1.165, 1.54) is 4.90 Å². The number of rotatable bonds is 6. The van der Waals surface area contributed by atoms with Crippen molar-refractivity contribution in [3.05, 3.63) is 70.8 Å². The molecule has 2 aliphatic heterocycles. The van der Waals surface area contributed by atoms with Crippen molar-refractivity contribution in [3.8, 4) is 17.6 Å². The van der Waals surface area contributed by atoms with Gasteiger partial charge in [0.15, 0.2) is 6.29 Å². The number of amides is 3. The average Bonchev–Trinajstić information content (AvgIpc) is 2.97. The van der Waals surface area contributed by atoms with E-state index in [0.29, 0.717) is 67.4 Å². The Hall–Kier alpha value is -4.82. The van der Waals surface area contributed by atoms with Crippen LogP contribution in [0, 0.1) is 11.8 Å². The van der Waals surface area contributed by atoms with Crippen LogP contribution in [0.25, 0.3) is 0 Å². The number of aryl methyl sites for hydroxylation is 1. The minimum absolute atomic E-state index is 0.0155. The number of urea groups is 1. The van der Waals surface area contributed by atoms with Gasteiger partial charge in [0.1, 0.15) is 23.1 Å². The van der Waals surface area contributed by atoms with Crippen molar-refractivity contribution in [1.82, 2.24) is 24.8 Å². The first-order chi connectivity index (χ1) is 20.3. The number of anilines is 2. The summed E-state index contributed by atoms with van der Waals surface area (Å²) in [5, 5.41) is 2.85. The summed E-state index contributed by atoms with van der Waals surface area (Å²) in [5.41, 5.74) is 3.11. The first-order valence-corrected chi connectivity index (χ1v) is 13.9. The summed E-state index contributed by atoms with van der Waals surface area (Å²) in [7, 11) is 1.91. The fourth-order valence-electron chi connectivity index (χ4n) is 4.89. The predicted octanol–water partition coefficient (Wildman–Crippen LogP) is 3.13. The topological polar surface area (TPSA) is 121 Å². The van der Waals surface area contributed by atoms with E-state index in [0.717, 1.165) is 24.1 Å². The maximum Gasteiger partial charge on any atom is 0.328 e. The molecule has 216 valence electrons. The minimum atomic E-state index is -0.417. The molecule has 1 saturated heterocycles. The largest absolute Gasteiger partial charge is 0.490 e. The predicted molar refractivity (Wildman–Crippen MR) is 157 cm³/mol. The quantitative estimate of drug-likeness (QED) is 0.356. The number of piperazine rings is 1. The van der Waals surface area contributed by atoms with Crippen LogP contribution in [0.15, 0.2) is 42.9 Å². The van der Waals surface area contributed by atoms with Gasteiger partial charge in [-0.1, -0.05) is 11.8 Å². The van der Waals surface area contributed by atoms with Gasteiger partial charge in [0.25, 0.3) is 0 Å². The van der Waals surface area contributed by atoms with Gasteiger partial charge in [-0.15, -0.1) is 0 Å². The number of fused-ring (bicyclic) bond motifs is 1. The highest BCUT2D eigenvalue weighted by Gasteiger charge is 2.28. The van der Waals surface area contributed by atoms with Crippen LogP contribution in [0.5, 0.6) is 5.75 Å². The summed E-state index contributed by atoms with van der Waals surface area (Å²) in [4.78, 5) is 56.3. The highest BCUT2D eigenvalue weighted by molar-refractivity contribution is 6.01. The lowest BCUT2D eigenvalue weighted by Gasteiger charge is -2.33. The maximum absolute atomic E-state index is 13.4. The Morgan fingerprint density at radius 2 is 2.05 bits per heavy atom. The molecule has 5 rings (SSSR count). The molecule has 0 saturated carbocycles. The summed E-state index contributed by atoms with van der Waals surface area (Å²) in [6.07, 6.45) is 6.93. The summed E-state index contributed by atoms with van der Waals surface area (Å²) in [6, 6.07) is 6.81. The van der Waals surface area contributed by atoms with Crippen LogP contribution in [-0.2, 0) is 17.8 Å². The highest BCUT2D eigenvalue weighted by Crippen LogP contribution is 2.29. The van der Waals surface area contributed by atoms with Crippen molar-refractivity contribution >= 4 is 29.9 Å². The van der Waals surface area contributed by atoms with Gasteiger partial charge in [-0.2, -0.15) is 0 Å². The molecule has 3 aromatic rings. The number of ether oxygens (including phenoxy) is 1. The van der Waals surface area contributed by atoms with E-state index in [1.807, 2.05) is 44.0 Å². The zero-order chi connectivity index (χ0) is 29.6. The molecule has 0 spiro atoms. The van der Waals surface area contributed by atoms with Crippen LogP contribution >= 0.6 is 0 Å². The van der Waals surface area contributed by atoms with E-state index in [2.05, 4.69) is 32.1 Å². The number of hydrogen-bond donors (Lipinski definition) is 1. The third-order valence-electron chi connectivity index (χ3n) is 6.97. The molecule has 42 heavy (non-hydrogen) atoms. The van der Waals surface area contributed by atoms with Crippen LogP contribution in [0.3, 0.4) is 0 Å². The zero-order valence-electron chi connectivity index (χ0n) is 24.0. The molecule has 0 unspecified atom stereocenters. The van der Waals surface area contributed by atoms with Crippen molar-refractivity contribution in [2.75, 3.05) is 43.4 Å². The smallest absolute Gasteiger partial charge is 0.328 e. The molecule has 0 aromatic carbocycles. The molecule has 0 bridgehead atoms. The second kappa shape index (κ2) is 12.8. The van der Waals surface area contributed by atoms with Crippen LogP contribution in [0.4, 0.5) is 16.4 Å². The van der Waals surface area contributed by atoms with Gasteiger partial charge in [-0.25, -0.2) is 14.8 Å². The Morgan fingerprint density at radius 1 is 1.19 bits per heavy atom. The number of nitrogens with zero attached hydrogens (tertiary/aromatic N) is 6. The molecule has 3 aromatic heterocycles. The lowest BCUT2D eigenvalue weighted by Crippen LogP contribution is -2.48. The number of pyridine rings is 3. The molecule has 0 aliphatic carbocycles. The number of carbonyl (C=O) groups excluding carboxylic acids is 3. The second-order valence-electron chi connectivity index (χ2n) is 10.6. The standard InChI is InChI=1S/C31H33N7O4/c1-21(2)42-27-15-28(33-17-24(27)9-8-22-6-4-10-32-16-22)35-31(41)38-11-5-7-23-14-25(26(20-39)34-30(23)38)18-37-13-12-36(3)19-29(37)40/h4,6,10,14-17,20-21H,5,7,11-13,18-19H2,1-3H3,(H,33,35,41). The summed E-state index contributed by atoms with van der Waals surface area (Å²) >= 11 is 0. The van der Waals surface area contributed by atoms with Crippen LogP contribution in [-0.4, -0.2) is 82.3 Å². The normalized spacial score (nSPS) is 15.1. The van der Waals surface area contributed by atoms with E-state index >= 15 is 0 Å². The minimum Gasteiger partial charge on any atom is -0.490 e. The number of likely N-dealkylation sites (N-methyl/N-ethyl adjacent to an activating group) is 1. The Kier molecular flexibility index (Phi) is 8.74. The number of nitrogens with one attached hydrogen (secondary N) is 1. The van der Waals surface area contributed by atoms with Gasteiger partial charge in [0, 0.05) is 62.0 Å². The third kappa shape index (κ3) is 6.72. The molecule has 0 atom stereocenters. The number of hydrogen-bond acceptors (Lipinski definition) is 8. The SMILES string of the molecule is CC(C)Oc1cc(NC(=O)N2CCCc3cc(CN4CCN(C)CC4=O)c(C=O)nc32)ncc1C#Cc1cccnc1. The zero-order valence-corrected chi connectivity index (χ0v) is 24.0. The third-order valence-corrected chi connectivity index (χ3v) is 6.97. The average molecular weight is 568 g/mol. The lowest BCUT2D eigenvalue weighted by atomic mass is 10.0. The number of aldehydes is 1. The van der Waals surface area contributed by atoms with E-state index in [9.17, 15) is 14.4 Å². The van der Waals surface area contributed by atoms with E-state index in [-0.39, 0.29) is 17.7 Å². The molecule has 1 fully saturated rings. The van der Waals surface area contributed by atoms with E-state index < -0.39 is 6.03 Å². The van der Waals surface area contributed by atoms with Crippen molar-refractivity contribution in [2.24, 2.45) is 0 Å². The molecule has 0 radical (unpaired) electrons. The van der Waals surface area contributed by atoms with Crippen molar-refractivity contribution in [2.45, 2.75) is 39.3 Å². The van der Waals surface area contributed by atoms with Gasteiger partial charge in [0.2, 0.25) is 5.91 Å². The lowest BCUT2D eigenvalue weighted by molar-refractivity contribution is -0.136. The van der Waals surface area contributed by atoms with Crippen molar-refractivity contribution in [1.29, 1.82) is 0 Å². The number of aromatic nitrogens is 3. The van der Waals surface area contributed by atoms with E-state index in [4.69, 9.17) is 4.74 Å². The molecular formula is C31H33N7O4. The van der Waals surface area contributed by atoms with Gasteiger partial charge in [0.05, 0.1) is 18.2 Å². The van der Waals surface area contributed by atoms with Crippen LogP contribution in [0.2, 0.25) is 0 Å². The van der Waals surface area contributed by atoms with E-state index in [1.54, 1.807) is 29.6 Å². The van der Waals surface area contributed by atoms with Crippen molar-refractivity contribution < 1.29 is 19.1 Å². The van der Waals surface area contributed by atoms with Gasteiger partial charge in [-0.05, 0) is 57.5 Å². The monoisotopic (exact) mass is 567 g/mol. The maximum atomic E-state index is 13.4. The fourth-order valence-corrected chi connectivity index (χ4v) is 4.89. The van der Waals surface area contributed by atoms with Gasteiger partial charge < -0.3 is 9.64 Å². The fraction of sp³-hybridized carbons (Fsp3) is 0.355. The Bertz CT molecular complexity index is 1550. The first kappa shape index (κ1) is 28.7. The summed E-state index contributed by atoms with van der Waals surface area (Å²) in [5.74, 6) is 7.38. The molecule has 5 heterocycles. The molecule has 2 aliphatic rings. The van der Waals surface area contributed by atoms with Crippen LogP contribution in [0.1, 0.15) is 53.0 Å². The molecule has 11 nitrogen and oxygen atoms in total. The first-order valence-electron chi connectivity index (χ1n) is 13.9. The van der Waals surface area contributed by atoms with Gasteiger partial charge in [-0.3, -0.25) is 29.7 Å². The van der Waals surface area contributed by atoms with Crippen LogP contribution < -0.4 is 15.0 Å². The summed E-state index contributed by atoms with van der Waals surface area (Å²) in [6.45, 7) is 6.26. The Morgan fingerprint density at radius 3 is 2.79 bits per heavy atom. The molecular weight excluding hydrogens is 534 g/mol. The molecule has 3 amide bonds. The Balaban J connectivity index is 1.36. The Labute approximate surface area is 244 Å².